The monoisotopic (exact) mass is 269 g/mol. The molecule has 0 aliphatic heterocycles. The number of rotatable bonds is 7. The molecule has 0 aromatic rings. The van der Waals surface area contributed by atoms with Gasteiger partial charge in [0.15, 0.2) is 5.96 Å². The van der Waals surface area contributed by atoms with Crippen LogP contribution in [0.4, 0.5) is 0 Å². The number of nitrogens with one attached hydrogen (secondary N) is 1. The van der Waals surface area contributed by atoms with Crippen molar-refractivity contribution in [2.24, 2.45) is 22.1 Å². The van der Waals surface area contributed by atoms with E-state index >= 15 is 0 Å². The zero-order valence-corrected chi connectivity index (χ0v) is 13.2. The Balaban J connectivity index is 2.61. The first-order chi connectivity index (χ1) is 9.00. The number of hydrogen-bond acceptors (Lipinski definition) is 2. The molecule has 1 aliphatic carbocycles. The van der Waals surface area contributed by atoms with Gasteiger partial charge in [-0.2, -0.15) is 0 Å². The first kappa shape index (κ1) is 16.3. The Morgan fingerprint density at radius 1 is 1.37 bits per heavy atom. The summed E-state index contributed by atoms with van der Waals surface area (Å²) in [6.07, 6.45) is 3.63. The highest BCUT2D eigenvalue weighted by Crippen LogP contribution is 2.48. The van der Waals surface area contributed by atoms with Crippen molar-refractivity contribution in [3.05, 3.63) is 0 Å². The third-order valence-electron chi connectivity index (χ3n) is 4.42. The van der Waals surface area contributed by atoms with Crippen molar-refractivity contribution in [1.29, 1.82) is 0 Å². The molecule has 4 heteroatoms. The summed E-state index contributed by atoms with van der Waals surface area (Å²) >= 11 is 0. The number of hydrogen-bond donors (Lipinski definition) is 2. The van der Waals surface area contributed by atoms with Crippen LogP contribution in [-0.2, 0) is 4.74 Å². The zero-order valence-electron chi connectivity index (χ0n) is 13.2. The fourth-order valence-corrected chi connectivity index (χ4v) is 3.09. The van der Waals surface area contributed by atoms with E-state index in [9.17, 15) is 0 Å². The highest BCUT2D eigenvalue weighted by molar-refractivity contribution is 5.78. The van der Waals surface area contributed by atoms with E-state index in [1.165, 1.54) is 0 Å². The van der Waals surface area contributed by atoms with E-state index < -0.39 is 0 Å². The third kappa shape index (κ3) is 3.62. The molecule has 2 unspecified atom stereocenters. The summed E-state index contributed by atoms with van der Waals surface area (Å²) in [6.45, 7) is 12.4. The summed E-state index contributed by atoms with van der Waals surface area (Å²) in [5, 5.41) is 3.40. The second kappa shape index (κ2) is 7.13. The van der Waals surface area contributed by atoms with Crippen LogP contribution in [0.25, 0.3) is 0 Å². The quantitative estimate of drug-likeness (QED) is 0.551. The van der Waals surface area contributed by atoms with E-state index in [0.29, 0.717) is 24.0 Å². The van der Waals surface area contributed by atoms with Crippen molar-refractivity contribution >= 4 is 5.96 Å². The molecule has 0 bridgehead atoms. The lowest BCUT2D eigenvalue weighted by Crippen LogP contribution is -2.65. The second-order valence-electron chi connectivity index (χ2n) is 5.94. The van der Waals surface area contributed by atoms with Crippen molar-refractivity contribution < 1.29 is 4.74 Å². The van der Waals surface area contributed by atoms with E-state index in [4.69, 9.17) is 10.5 Å². The van der Waals surface area contributed by atoms with E-state index in [1.54, 1.807) is 0 Å². The molecule has 0 saturated heterocycles. The van der Waals surface area contributed by atoms with Gasteiger partial charge in [-0.25, -0.2) is 0 Å². The van der Waals surface area contributed by atoms with Gasteiger partial charge in [-0.3, -0.25) is 4.99 Å². The first-order valence-electron chi connectivity index (χ1n) is 7.68. The fraction of sp³-hybridized carbons (Fsp3) is 0.933. The number of aliphatic imine (C=N–C) groups is 1. The van der Waals surface area contributed by atoms with E-state index in [0.717, 1.165) is 32.4 Å². The molecule has 1 rings (SSSR count). The summed E-state index contributed by atoms with van der Waals surface area (Å²) in [5.41, 5.74) is 6.20. The molecule has 0 spiro atoms. The summed E-state index contributed by atoms with van der Waals surface area (Å²) in [4.78, 5) is 4.39. The maximum absolute atomic E-state index is 5.98. The van der Waals surface area contributed by atoms with Crippen LogP contribution in [0.2, 0.25) is 0 Å². The van der Waals surface area contributed by atoms with Gasteiger partial charge in [0.05, 0.1) is 6.10 Å². The Labute approximate surface area is 118 Å². The zero-order chi connectivity index (χ0) is 14.5. The maximum Gasteiger partial charge on any atom is 0.188 e. The van der Waals surface area contributed by atoms with Crippen LogP contribution in [0, 0.1) is 11.3 Å². The van der Waals surface area contributed by atoms with Gasteiger partial charge in [-0.05, 0) is 32.1 Å². The Kier molecular flexibility index (Phi) is 6.11. The van der Waals surface area contributed by atoms with Crippen LogP contribution in [0.1, 0.15) is 53.9 Å². The van der Waals surface area contributed by atoms with Gasteiger partial charge in [-0.15, -0.1) is 0 Å². The normalized spacial score (nSPS) is 26.3. The summed E-state index contributed by atoms with van der Waals surface area (Å²) in [6, 6.07) is 0.398. The molecule has 1 aliphatic rings. The fourth-order valence-electron chi connectivity index (χ4n) is 3.09. The van der Waals surface area contributed by atoms with Crippen molar-refractivity contribution in [3.63, 3.8) is 0 Å². The molecule has 3 N–H and O–H groups in total. The topological polar surface area (TPSA) is 59.6 Å². The Hall–Kier alpha value is -0.770. The van der Waals surface area contributed by atoms with Crippen LogP contribution < -0.4 is 11.1 Å². The molecule has 0 radical (unpaired) electrons. The average molecular weight is 269 g/mol. The molecule has 19 heavy (non-hydrogen) atoms. The Morgan fingerprint density at radius 3 is 2.47 bits per heavy atom. The Morgan fingerprint density at radius 2 is 2.00 bits per heavy atom. The first-order valence-corrected chi connectivity index (χ1v) is 7.68. The van der Waals surface area contributed by atoms with Crippen molar-refractivity contribution in [2.75, 3.05) is 13.2 Å². The van der Waals surface area contributed by atoms with Crippen LogP contribution in [0.15, 0.2) is 4.99 Å². The molecule has 0 aromatic heterocycles. The van der Waals surface area contributed by atoms with E-state index in [1.807, 2.05) is 0 Å². The second-order valence-corrected chi connectivity index (χ2v) is 5.94. The van der Waals surface area contributed by atoms with Crippen molar-refractivity contribution in [2.45, 2.75) is 66.0 Å². The van der Waals surface area contributed by atoms with Crippen LogP contribution in [0.5, 0.6) is 0 Å². The van der Waals surface area contributed by atoms with Gasteiger partial charge in [0, 0.05) is 24.6 Å². The summed E-state index contributed by atoms with van der Waals surface area (Å²) in [5.74, 6) is 1.12. The summed E-state index contributed by atoms with van der Waals surface area (Å²) in [7, 11) is 0. The molecule has 0 aromatic carbocycles. The summed E-state index contributed by atoms with van der Waals surface area (Å²) < 4.78 is 5.86. The molecule has 2 atom stereocenters. The molecule has 1 fully saturated rings. The lowest BCUT2D eigenvalue weighted by Gasteiger charge is -2.55. The van der Waals surface area contributed by atoms with Crippen LogP contribution in [-0.4, -0.2) is 31.3 Å². The highest BCUT2D eigenvalue weighted by atomic mass is 16.5. The van der Waals surface area contributed by atoms with E-state index in [2.05, 4.69) is 44.9 Å². The molecule has 1 saturated carbocycles. The molecule has 0 amide bonds. The predicted octanol–water partition coefficient (Wildman–Crippen LogP) is 2.53. The Bertz CT molecular complexity index is 298. The van der Waals surface area contributed by atoms with Crippen LogP contribution in [0.3, 0.4) is 0 Å². The van der Waals surface area contributed by atoms with Gasteiger partial charge in [0.1, 0.15) is 0 Å². The van der Waals surface area contributed by atoms with E-state index in [-0.39, 0.29) is 5.41 Å². The molecule has 4 nitrogen and oxygen atoms in total. The predicted molar refractivity (Wildman–Crippen MR) is 81.3 cm³/mol. The van der Waals surface area contributed by atoms with Gasteiger partial charge in [-0.1, -0.05) is 27.7 Å². The molecular weight excluding hydrogens is 238 g/mol. The van der Waals surface area contributed by atoms with Crippen molar-refractivity contribution in [1.82, 2.24) is 5.32 Å². The molecular formula is C15H31N3O. The smallest absolute Gasteiger partial charge is 0.188 e. The minimum atomic E-state index is 0.216. The lowest BCUT2D eigenvalue weighted by molar-refractivity contribution is -0.133. The average Bonchev–Trinajstić information content (AvgIpc) is 2.36. The molecule has 0 heterocycles. The lowest BCUT2D eigenvalue weighted by atomic mass is 9.58. The molecule has 112 valence electrons. The minimum absolute atomic E-state index is 0.216. The van der Waals surface area contributed by atoms with Gasteiger partial charge < -0.3 is 15.8 Å². The van der Waals surface area contributed by atoms with Gasteiger partial charge in [0.25, 0.3) is 0 Å². The number of nitrogens with two attached hydrogens (primary N) is 1. The SMILES string of the molecule is CCOC1CC(NC(N)=NCC(C)C)C1(CC)CC. The standard InChI is InChI=1S/C15H31N3O/c1-6-15(7-2)12(9-13(15)19-8-3)18-14(16)17-10-11(4)5/h11-13H,6-10H2,1-5H3,(H3,16,17,18). The number of ether oxygens (including phenoxy) is 1. The maximum atomic E-state index is 5.98. The van der Waals surface area contributed by atoms with Crippen molar-refractivity contribution in [3.8, 4) is 0 Å². The largest absolute Gasteiger partial charge is 0.378 e. The number of guanidine groups is 1. The highest BCUT2D eigenvalue weighted by Gasteiger charge is 2.53. The van der Waals surface area contributed by atoms with Gasteiger partial charge >= 0.3 is 0 Å². The van der Waals surface area contributed by atoms with Gasteiger partial charge in [0.2, 0.25) is 0 Å². The minimum Gasteiger partial charge on any atom is -0.378 e. The number of nitrogens with zero attached hydrogens (tertiary/aromatic N) is 1. The third-order valence-corrected chi connectivity index (χ3v) is 4.42. The van der Waals surface area contributed by atoms with Crippen LogP contribution >= 0.6 is 0 Å².